The van der Waals surface area contributed by atoms with Crippen LogP contribution in [-0.4, -0.2) is 33.5 Å². The molecule has 0 saturated carbocycles. The zero-order valence-corrected chi connectivity index (χ0v) is 17.4. The Hall–Kier alpha value is -4.20. The summed E-state index contributed by atoms with van der Waals surface area (Å²) in [7, 11) is 1.55. The standard InChI is InChI=1S/C24H21N5O3/c1-32-21-12-5-3-10-18(21)26-22(30)14-20-23(31)28(15-16-8-6-7-13-25-16)24-27-17-9-2-4-11-19(17)29(20)24/h2-13,20H,14-15H2,1H3,(H,26,30). The molecule has 160 valence electrons. The summed E-state index contributed by atoms with van der Waals surface area (Å²) in [6.45, 7) is 0.285. The van der Waals surface area contributed by atoms with Crippen molar-refractivity contribution in [2.45, 2.75) is 19.0 Å². The fourth-order valence-corrected chi connectivity index (χ4v) is 4.02. The molecular weight excluding hydrogens is 406 g/mol. The number of anilines is 2. The van der Waals surface area contributed by atoms with E-state index in [1.807, 2.05) is 59.2 Å². The summed E-state index contributed by atoms with van der Waals surface area (Å²) in [5.41, 5.74) is 2.90. The van der Waals surface area contributed by atoms with Gasteiger partial charge in [0.25, 0.3) is 5.91 Å². The van der Waals surface area contributed by atoms with E-state index in [0.717, 1.165) is 16.7 Å². The topological polar surface area (TPSA) is 89.3 Å². The van der Waals surface area contributed by atoms with E-state index in [2.05, 4.69) is 15.3 Å². The Balaban J connectivity index is 1.47. The third kappa shape index (κ3) is 3.45. The molecule has 1 N–H and O–H groups in total. The molecule has 0 aliphatic carbocycles. The normalized spacial score (nSPS) is 15.1. The molecule has 3 heterocycles. The van der Waals surface area contributed by atoms with E-state index >= 15 is 0 Å². The minimum atomic E-state index is -0.698. The van der Waals surface area contributed by atoms with Crippen LogP contribution in [0.15, 0.2) is 72.9 Å². The lowest BCUT2D eigenvalue weighted by molar-refractivity contribution is -0.124. The first-order chi connectivity index (χ1) is 15.7. The highest BCUT2D eigenvalue weighted by Gasteiger charge is 2.41. The van der Waals surface area contributed by atoms with Crippen LogP contribution in [0.5, 0.6) is 5.75 Å². The van der Waals surface area contributed by atoms with E-state index in [4.69, 9.17) is 4.74 Å². The van der Waals surface area contributed by atoms with E-state index in [1.165, 1.54) is 0 Å². The van der Waals surface area contributed by atoms with Gasteiger partial charge in [0.1, 0.15) is 11.8 Å². The lowest BCUT2D eigenvalue weighted by atomic mass is 10.1. The third-order valence-corrected chi connectivity index (χ3v) is 5.49. The second-order valence-corrected chi connectivity index (χ2v) is 7.48. The Morgan fingerprint density at radius 3 is 2.66 bits per heavy atom. The quantitative estimate of drug-likeness (QED) is 0.508. The summed E-state index contributed by atoms with van der Waals surface area (Å²) in [6.07, 6.45) is 1.67. The maximum Gasteiger partial charge on any atom is 0.253 e. The van der Waals surface area contributed by atoms with Crippen molar-refractivity contribution in [3.05, 3.63) is 78.6 Å². The monoisotopic (exact) mass is 427 g/mol. The van der Waals surface area contributed by atoms with Crippen molar-refractivity contribution in [3.63, 3.8) is 0 Å². The molecular formula is C24H21N5O3. The van der Waals surface area contributed by atoms with Crippen LogP contribution in [0.25, 0.3) is 11.0 Å². The molecule has 1 unspecified atom stereocenters. The molecule has 2 amide bonds. The van der Waals surface area contributed by atoms with Crippen molar-refractivity contribution in [3.8, 4) is 5.75 Å². The maximum absolute atomic E-state index is 13.4. The molecule has 0 fully saturated rings. The average molecular weight is 427 g/mol. The van der Waals surface area contributed by atoms with Gasteiger partial charge >= 0.3 is 0 Å². The Morgan fingerprint density at radius 2 is 1.84 bits per heavy atom. The number of para-hydroxylation sites is 4. The van der Waals surface area contributed by atoms with Gasteiger partial charge in [0, 0.05) is 6.20 Å². The second-order valence-electron chi connectivity index (χ2n) is 7.48. The lowest BCUT2D eigenvalue weighted by Crippen LogP contribution is -2.31. The molecule has 1 aliphatic rings. The zero-order chi connectivity index (χ0) is 22.1. The maximum atomic E-state index is 13.4. The molecule has 1 aliphatic heterocycles. The Morgan fingerprint density at radius 1 is 1.06 bits per heavy atom. The molecule has 0 bridgehead atoms. The van der Waals surface area contributed by atoms with E-state index in [9.17, 15) is 9.59 Å². The molecule has 5 rings (SSSR count). The molecule has 2 aromatic carbocycles. The number of methoxy groups -OCH3 is 1. The molecule has 32 heavy (non-hydrogen) atoms. The molecule has 2 aromatic heterocycles. The average Bonchev–Trinajstić information content (AvgIpc) is 3.31. The van der Waals surface area contributed by atoms with Gasteiger partial charge in [-0.15, -0.1) is 0 Å². The summed E-state index contributed by atoms with van der Waals surface area (Å²) < 4.78 is 7.16. The van der Waals surface area contributed by atoms with Crippen LogP contribution in [0, 0.1) is 0 Å². The van der Waals surface area contributed by atoms with E-state index < -0.39 is 6.04 Å². The van der Waals surface area contributed by atoms with Crippen LogP contribution in [0.4, 0.5) is 11.6 Å². The van der Waals surface area contributed by atoms with Crippen LogP contribution >= 0.6 is 0 Å². The number of ether oxygens (including phenoxy) is 1. The largest absolute Gasteiger partial charge is 0.495 e. The summed E-state index contributed by atoms with van der Waals surface area (Å²) in [5.74, 6) is 0.622. The lowest BCUT2D eigenvalue weighted by Gasteiger charge is -2.16. The summed E-state index contributed by atoms with van der Waals surface area (Å²) in [5, 5.41) is 2.86. The van der Waals surface area contributed by atoms with Crippen molar-refractivity contribution >= 4 is 34.5 Å². The first-order valence-corrected chi connectivity index (χ1v) is 10.3. The third-order valence-electron chi connectivity index (χ3n) is 5.49. The van der Waals surface area contributed by atoms with Gasteiger partial charge in [0.2, 0.25) is 11.9 Å². The number of nitrogens with one attached hydrogen (secondary N) is 1. The number of aromatic nitrogens is 3. The molecule has 1 atom stereocenters. The van der Waals surface area contributed by atoms with Crippen molar-refractivity contribution in [1.29, 1.82) is 0 Å². The fraction of sp³-hybridized carbons (Fsp3) is 0.167. The Bertz CT molecular complexity index is 1300. The van der Waals surface area contributed by atoms with Gasteiger partial charge in [-0.25, -0.2) is 4.98 Å². The van der Waals surface area contributed by atoms with Crippen molar-refractivity contribution in [2.75, 3.05) is 17.3 Å². The number of pyridine rings is 1. The van der Waals surface area contributed by atoms with Gasteiger partial charge < -0.3 is 10.1 Å². The van der Waals surface area contributed by atoms with Crippen molar-refractivity contribution in [1.82, 2.24) is 14.5 Å². The number of nitrogens with zero attached hydrogens (tertiary/aromatic N) is 4. The van der Waals surface area contributed by atoms with E-state index in [0.29, 0.717) is 17.4 Å². The van der Waals surface area contributed by atoms with E-state index in [1.54, 1.807) is 30.3 Å². The molecule has 8 heteroatoms. The number of amides is 2. The molecule has 8 nitrogen and oxygen atoms in total. The number of benzene rings is 2. The fourth-order valence-electron chi connectivity index (χ4n) is 4.02. The molecule has 4 aromatic rings. The number of hydrogen-bond acceptors (Lipinski definition) is 5. The van der Waals surface area contributed by atoms with Crippen LogP contribution in [-0.2, 0) is 16.1 Å². The van der Waals surface area contributed by atoms with Gasteiger partial charge in [-0.2, -0.15) is 0 Å². The van der Waals surface area contributed by atoms with Gasteiger partial charge in [0.15, 0.2) is 0 Å². The number of imidazole rings is 1. The number of hydrogen-bond donors (Lipinski definition) is 1. The van der Waals surface area contributed by atoms with Gasteiger partial charge in [-0.05, 0) is 36.4 Å². The van der Waals surface area contributed by atoms with Gasteiger partial charge in [0.05, 0.1) is 42.5 Å². The first-order valence-electron chi connectivity index (χ1n) is 10.3. The SMILES string of the molecule is COc1ccccc1NC(=O)CC1C(=O)N(Cc2ccccn2)c2nc3ccccc3n21. The smallest absolute Gasteiger partial charge is 0.253 e. The highest BCUT2D eigenvalue weighted by atomic mass is 16.5. The highest BCUT2D eigenvalue weighted by molar-refractivity contribution is 6.05. The van der Waals surface area contributed by atoms with Gasteiger partial charge in [-0.3, -0.25) is 24.0 Å². The molecule has 0 spiro atoms. The van der Waals surface area contributed by atoms with Gasteiger partial charge in [-0.1, -0.05) is 30.3 Å². The minimum Gasteiger partial charge on any atom is -0.495 e. The number of carbonyl (C=O) groups is 2. The highest BCUT2D eigenvalue weighted by Crippen LogP contribution is 2.37. The van der Waals surface area contributed by atoms with Crippen LogP contribution in [0.3, 0.4) is 0 Å². The number of carbonyl (C=O) groups excluding carboxylic acids is 2. The predicted molar refractivity (Wildman–Crippen MR) is 120 cm³/mol. The second kappa shape index (κ2) is 8.14. The van der Waals surface area contributed by atoms with Crippen molar-refractivity contribution in [2.24, 2.45) is 0 Å². The Kier molecular flexibility index (Phi) is 5.03. The van der Waals surface area contributed by atoms with Crippen molar-refractivity contribution < 1.29 is 14.3 Å². The van der Waals surface area contributed by atoms with Crippen LogP contribution < -0.4 is 15.0 Å². The molecule has 0 saturated heterocycles. The Labute approximate surface area is 184 Å². The number of fused-ring (bicyclic) bond motifs is 3. The van der Waals surface area contributed by atoms with Crippen LogP contribution in [0.2, 0.25) is 0 Å². The predicted octanol–water partition coefficient (Wildman–Crippen LogP) is 3.56. The zero-order valence-electron chi connectivity index (χ0n) is 17.4. The summed E-state index contributed by atoms with van der Waals surface area (Å²) >= 11 is 0. The molecule has 0 radical (unpaired) electrons. The summed E-state index contributed by atoms with van der Waals surface area (Å²) in [4.78, 5) is 37.0. The summed E-state index contributed by atoms with van der Waals surface area (Å²) in [6, 6.07) is 19.7. The number of rotatable bonds is 6. The van der Waals surface area contributed by atoms with Crippen LogP contribution in [0.1, 0.15) is 18.2 Å². The minimum absolute atomic E-state index is 0.0248. The van der Waals surface area contributed by atoms with E-state index in [-0.39, 0.29) is 24.8 Å². The first kappa shape index (κ1) is 19.7.